The summed E-state index contributed by atoms with van der Waals surface area (Å²) in [6, 6.07) is 3.84. The van der Waals surface area contributed by atoms with E-state index in [0.29, 0.717) is 0 Å². The SMILES string of the molecule is O=C(c1cccs1)N1CCCNCCC1. The van der Waals surface area contributed by atoms with Crippen LogP contribution in [0.15, 0.2) is 17.5 Å². The fourth-order valence-electron chi connectivity index (χ4n) is 1.79. The number of nitrogens with zero attached hydrogens (tertiary/aromatic N) is 1. The lowest BCUT2D eigenvalue weighted by Gasteiger charge is -2.24. The molecule has 2 heterocycles. The van der Waals surface area contributed by atoms with Crippen LogP contribution in [0.1, 0.15) is 22.5 Å². The average molecular weight is 224 g/mol. The maximum absolute atomic E-state index is 12.0. The zero-order chi connectivity index (χ0) is 10.5. The standard InChI is InChI=1S/C11H16N2OS/c14-11(10-4-1-9-15-10)13-7-2-5-12-6-3-8-13/h1,4,9,12H,2-3,5-8H2. The third-order valence-corrected chi connectivity index (χ3v) is 3.44. The molecule has 1 saturated heterocycles. The summed E-state index contributed by atoms with van der Waals surface area (Å²) >= 11 is 1.53. The Morgan fingerprint density at radius 1 is 1.33 bits per heavy atom. The van der Waals surface area contributed by atoms with Crippen LogP contribution in [0.2, 0.25) is 0 Å². The molecule has 0 bridgehead atoms. The second-order valence-corrected chi connectivity index (χ2v) is 4.67. The molecule has 0 aliphatic carbocycles. The van der Waals surface area contributed by atoms with E-state index in [1.807, 2.05) is 22.4 Å². The van der Waals surface area contributed by atoms with Crippen LogP contribution in [0.5, 0.6) is 0 Å². The highest BCUT2D eigenvalue weighted by molar-refractivity contribution is 7.12. The van der Waals surface area contributed by atoms with Gasteiger partial charge in [-0.25, -0.2) is 0 Å². The van der Waals surface area contributed by atoms with E-state index in [-0.39, 0.29) is 5.91 Å². The summed E-state index contributed by atoms with van der Waals surface area (Å²) < 4.78 is 0. The lowest BCUT2D eigenvalue weighted by molar-refractivity contribution is 0.0750. The summed E-state index contributed by atoms with van der Waals surface area (Å²) in [4.78, 5) is 14.9. The van der Waals surface area contributed by atoms with Crippen molar-refractivity contribution >= 4 is 17.2 Å². The Bertz CT molecular complexity index is 302. The second kappa shape index (κ2) is 5.28. The van der Waals surface area contributed by atoms with Gasteiger partial charge in [0.25, 0.3) is 5.91 Å². The van der Waals surface area contributed by atoms with Crippen LogP contribution in [0.25, 0.3) is 0 Å². The Balaban J connectivity index is 1.98. The number of hydrogen-bond donors (Lipinski definition) is 1. The van der Waals surface area contributed by atoms with Gasteiger partial charge in [-0.2, -0.15) is 0 Å². The van der Waals surface area contributed by atoms with E-state index in [1.54, 1.807) is 0 Å². The van der Waals surface area contributed by atoms with Gasteiger partial charge in [0.1, 0.15) is 0 Å². The van der Waals surface area contributed by atoms with E-state index in [0.717, 1.165) is 43.9 Å². The molecule has 0 radical (unpaired) electrons. The van der Waals surface area contributed by atoms with Gasteiger partial charge in [-0.05, 0) is 37.4 Å². The lowest BCUT2D eigenvalue weighted by Crippen LogP contribution is -2.37. The van der Waals surface area contributed by atoms with Crippen molar-refractivity contribution in [2.75, 3.05) is 26.2 Å². The van der Waals surface area contributed by atoms with Crippen LogP contribution in [-0.4, -0.2) is 37.0 Å². The first-order chi connectivity index (χ1) is 7.38. The summed E-state index contributed by atoms with van der Waals surface area (Å²) in [6.45, 7) is 3.80. The molecule has 4 heteroatoms. The number of hydrogen-bond acceptors (Lipinski definition) is 3. The highest BCUT2D eigenvalue weighted by Gasteiger charge is 2.16. The third-order valence-electron chi connectivity index (χ3n) is 2.58. The number of rotatable bonds is 1. The van der Waals surface area contributed by atoms with Gasteiger partial charge in [-0.1, -0.05) is 6.07 Å². The number of amides is 1. The van der Waals surface area contributed by atoms with Crippen molar-refractivity contribution in [2.24, 2.45) is 0 Å². The van der Waals surface area contributed by atoms with Gasteiger partial charge in [0.15, 0.2) is 0 Å². The Labute approximate surface area is 94.1 Å². The first-order valence-corrected chi connectivity index (χ1v) is 6.29. The van der Waals surface area contributed by atoms with Crippen LogP contribution >= 0.6 is 11.3 Å². The Morgan fingerprint density at radius 3 is 2.67 bits per heavy atom. The van der Waals surface area contributed by atoms with E-state index >= 15 is 0 Å². The Kier molecular flexibility index (Phi) is 3.75. The van der Waals surface area contributed by atoms with Gasteiger partial charge >= 0.3 is 0 Å². The molecule has 15 heavy (non-hydrogen) atoms. The molecule has 1 fully saturated rings. The monoisotopic (exact) mass is 224 g/mol. The fraction of sp³-hybridized carbons (Fsp3) is 0.545. The van der Waals surface area contributed by atoms with Crippen molar-refractivity contribution in [3.63, 3.8) is 0 Å². The van der Waals surface area contributed by atoms with Gasteiger partial charge in [0.2, 0.25) is 0 Å². The average Bonchev–Trinajstić information content (AvgIpc) is 2.68. The molecule has 0 spiro atoms. The van der Waals surface area contributed by atoms with Crippen molar-refractivity contribution in [2.45, 2.75) is 12.8 Å². The highest BCUT2D eigenvalue weighted by atomic mass is 32.1. The van der Waals surface area contributed by atoms with Crippen molar-refractivity contribution in [3.05, 3.63) is 22.4 Å². The smallest absolute Gasteiger partial charge is 0.263 e. The number of thiophene rings is 1. The minimum Gasteiger partial charge on any atom is -0.338 e. The molecule has 0 unspecified atom stereocenters. The van der Waals surface area contributed by atoms with E-state index in [2.05, 4.69) is 5.32 Å². The minimum atomic E-state index is 0.201. The molecular weight excluding hydrogens is 208 g/mol. The molecule has 2 rings (SSSR count). The Morgan fingerprint density at radius 2 is 2.07 bits per heavy atom. The molecule has 0 aromatic carbocycles. The topological polar surface area (TPSA) is 32.3 Å². The van der Waals surface area contributed by atoms with Gasteiger partial charge in [0, 0.05) is 13.1 Å². The van der Waals surface area contributed by atoms with E-state index in [4.69, 9.17) is 0 Å². The summed E-state index contributed by atoms with van der Waals surface area (Å²) in [5, 5.41) is 5.30. The van der Waals surface area contributed by atoms with Crippen LogP contribution in [-0.2, 0) is 0 Å². The van der Waals surface area contributed by atoms with Crippen molar-refractivity contribution in [1.29, 1.82) is 0 Å². The van der Waals surface area contributed by atoms with Crippen molar-refractivity contribution < 1.29 is 4.79 Å². The molecule has 1 N–H and O–H groups in total. The van der Waals surface area contributed by atoms with Gasteiger partial charge in [-0.15, -0.1) is 11.3 Å². The fourth-order valence-corrected chi connectivity index (χ4v) is 2.48. The van der Waals surface area contributed by atoms with Gasteiger partial charge < -0.3 is 10.2 Å². The third kappa shape index (κ3) is 2.79. The molecule has 1 aliphatic heterocycles. The number of nitrogens with one attached hydrogen (secondary N) is 1. The molecule has 1 aromatic rings. The second-order valence-electron chi connectivity index (χ2n) is 3.73. The molecular formula is C11H16N2OS. The quantitative estimate of drug-likeness (QED) is 0.785. The molecule has 0 saturated carbocycles. The first-order valence-electron chi connectivity index (χ1n) is 5.41. The molecule has 0 atom stereocenters. The summed E-state index contributed by atoms with van der Waals surface area (Å²) in [5.74, 6) is 0.201. The van der Waals surface area contributed by atoms with E-state index in [9.17, 15) is 4.79 Å². The molecule has 1 aromatic heterocycles. The van der Waals surface area contributed by atoms with Crippen molar-refractivity contribution in [1.82, 2.24) is 10.2 Å². The van der Waals surface area contributed by atoms with E-state index in [1.165, 1.54) is 11.3 Å². The summed E-state index contributed by atoms with van der Waals surface area (Å²) in [7, 11) is 0. The highest BCUT2D eigenvalue weighted by Crippen LogP contribution is 2.13. The van der Waals surface area contributed by atoms with Crippen LogP contribution in [0.3, 0.4) is 0 Å². The maximum atomic E-state index is 12.0. The van der Waals surface area contributed by atoms with Crippen LogP contribution in [0, 0.1) is 0 Å². The predicted octanol–water partition coefficient (Wildman–Crippen LogP) is 1.57. The Hall–Kier alpha value is -0.870. The number of carbonyl (C=O) groups excluding carboxylic acids is 1. The normalized spacial score (nSPS) is 18.3. The molecule has 82 valence electrons. The molecule has 1 aliphatic rings. The summed E-state index contributed by atoms with van der Waals surface area (Å²) in [5.41, 5.74) is 0. The van der Waals surface area contributed by atoms with Crippen LogP contribution in [0.4, 0.5) is 0 Å². The maximum Gasteiger partial charge on any atom is 0.263 e. The molecule has 1 amide bonds. The molecule has 3 nitrogen and oxygen atoms in total. The van der Waals surface area contributed by atoms with Crippen molar-refractivity contribution in [3.8, 4) is 0 Å². The van der Waals surface area contributed by atoms with Crippen LogP contribution < -0.4 is 5.32 Å². The first kappa shape index (κ1) is 10.6. The largest absolute Gasteiger partial charge is 0.338 e. The van der Waals surface area contributed by atoms with Gasteiger partial charge in [0.05, 0.1) is 4.88 Å². The summed E-state index contributed by atoms with van der Waals surface area (Å²) in [6.07, 6.45) is 2.11. The minimum absolute atomic E-state index is 0.201. The lowest BCUT2D eigenvalue weighted by atomic mass is 10.2. The number of carbonyl (C=O) groups is 1. The van der Waals surface area contributed by atoms with E-state index < -0.39 is 0 Å². The predicted molar refractivity (Wildman–Crippen MR) is 62.3 cm³/mol. The zero-order valence-electron chi connectivity index (χ0n) is 8.74. The zero-order valence-corrected chi connectivity index (χ0v) is 9.55. The van der Waals surface area contributed by atoms with Gasteiger partial charge in [-0.3, -0.25) is 4.79 Å².